The van der Waals surface area contributed by atoms with Gasteiger partial charge in [-0.1, -0.05) is 11.9 Å². The fraction of sp³-hybridized carbons (Fsp3) is 0.222. The third-order valence-electron chi connectivity index (χ3n) is 4.00. The zero-order valence-electron chi connectivity index (χ0n) is 13.7. The number of aliphatic hydroxyl groups excluding tert-OH is 1. The van der Waals surface area contributed by atoms with Gasteiger partial charge in [0.25, 0.3) is 0 Å². The summed E-state index contributed by atoms with van der Waals surface area (Å²) < 4.78 is 21.3. The van der Waals surface area contributed by atoms with Crippen LogP contribution in [-0.4, -0.2) is 25.5 Å². The van der Waals surface area contributed by atoms with E-state index in [1.807, 2.05) is 35.8 Å². The summed E-state index contributed by atoms with van der Waals surface area (Å²) in [4.78, 5) is 0. The molecule has 3 aromatic rings. The van der Waals surface area contributed by atoms with E-state index in [0.29, 0.717) is 16.9 Å². The molecule has 1 atom stereocenters. The number of anilines is 1. The zero-order valence-corrected chi connectivity index (χ0v) is 14.5. The van der Waals surface area contributed by atoms with Crippen LogP contribution in [0.15, 0.2) is 46.9 Å². The summed E-state index contributed by atoms with van der Waals surface area (Å²) in [6.07, 6.45) is 1.11. The molecule has 6 heteroatoms. The zero-order chi connectivity index (χ0) is 17.3. The van der Waals surface area contributed by atoms with Crippen molar-refractivity contribution >= 4 is 28.6 Å². The average molecular weight is 346 g/mol. The van der Waals surface area contributed by atoms with E-state index in [0.717, 1.165) is 16.6 Å². The van der Waals surface area contributed by atoms with E-state index in [4.69, 9.17) is 4.42 Å². The van der Waals surface area contributed by atoms with Crippen LogP contribution < -0.4 is 9.62 Å². The Balaban J connectivity index is 2.21. The first kappa shape index (κ1) is 16.8. The molecule has 126 valence electrons. The fourth-order valence-corrected chi connectivity index (χ4v) is 2.96. The topological polar surface area (TPSA) is 48.6 Å². The molecule has 2 N–H and O–H groups in total. The lowest BCUT2D eigenvalue weighted by Crippen LogP contribution is -2.15. The molecule has 0 aliphatic heterocycles. The van der Waals surface area contributed by atoms with Crippen molar-refractivity contribution in [1.29, 1.82) is 0 Å². The normalized spacial score (nSPS) is 12.5. The van der Waals surface area contributed by atoms with E-state index in [9.17, 15) is 9.50 Å². The van der Waals surface area contributed by atoms with Crippen LogP contribution >= 0.6 is 11.9 Å². The number of hydrogen-bond donors (Lipinski definition) is 2. The predicted molar refractivity (Wildman–Crippen MR) is 97.5 cm³/mol. The Hall–Kier alpha value is -2.02. The summed E-state index contributed by atoms with van der Waals surface area (Å²) in [5.74, 6) is 0.227. The minimum Gasteiger partial charge on any atom is -0.456 e. The second kappa shape index (κ2) is 6.84. The molecule has 0 radical (unpaired) electrons. The maximum absolute atomic E-state index is 13.2. The Morgan fingerprint density at radius 2 is 1.92 bits per heavy atom. The van der Waals surface area contributed by atoms with Gasteiger partial charge in [0.1, 0.15) is 23.4 Å². The van der Waals surface area contributed by atoms with Gasteiger partial charge in [0.05, 0.1) is 5.69 Å². The van der Waals surface area contributed by atoms with Crippen molar-refractivity contribution in [3.63, 3.8) is 0 Å². The number of nitrogens with one attached hydrogen (secondary N) is 1. The minimum atomic E-state index is -0.879. The molecule has 1 aromatic heterocycles. The maximum Gasteiger partial charge on any atom is 0.142 e. The van der Waals surface area contributed by atoms with E-state index in [1.165, 1.54) is 12.1 Å². The Morgan fingerprint density at radius 1 is 1.21 bits per heavy atom. The highest BCUT2D eigenvalue weighted by Gasteiger charge is 2.22. The van der Waals surface area contributed by atoms with E-state index < -0.39 is 6.23 Å². The molecule has 0 aliphatic rings. The molecule has 1 unspecified atom stereocenters. The number of aliphatic hydroxyl groups is 1. The highest BCUT2D eigenvalue weighted by Crippen LogP contribution is 2.38. The summed E-state index contributed by atoms with van der Waals surface area (Å²) in [6, 6.07) is 11.9. The molecule has 0 saturated carbocycles. The Morgan fingerprint density at radius 3 is 2.54 bits per heavy atom. The molecule has 24 heavy (non-hydrogen) atoms. The van der Waals surface area contributed by atoms with Crippen LogP contribution in [0.4, 0.5) is 10.1 Å². The van der Waals surface area contributed by atoms with Crippen LogP contribution in [0.2, 0.25) is 0 Å². The fourth-order valence-electron chi connectivity index (χ4n) is 2.64. The molecule has 0 saturated heterocycles. The van der Waals surface area contributed by atoms with E-state index >= 15 is 0 Å². The third kappa shape index (κ3) is 3.00. The van der Waals surface area contributed by atoms with Crippen molar-refractivity contribution < 1.29 is 13.9 Å². The number of fused-ring (bicyclic) bond motifs is 1. The third-order valence-corrected chi connectivity index (χ3v) is 4.76. The number of furan rings is 1. The molecule has 0 fully saturated rings. The van der Waals surface area contributed by atoms with Crippen LogP contribution in [0.1, 0.15) is 11.8 Å². The number of halogens is 1. The van der Waals surface area contributed by atoms with Gasteiger partial charge in [0.2, 0.25) is 0 Å². The summed E-state index contributed by atoms with van der Waals surface area (Å²) in [5, 5.41) is 14.0. The van der Waals surface area contributed by atoms with Gasteiger partial charge in [0.15, 0.2) is 0 Å². The quantitative estimate of drug-likeness (QED) is 0.536. The summed E-state index contributed by atoms with van der Waals surface area (Å²) in [5.41, 5.74) is 3.05. The number of nitrogens with zero attached hydrogens (tertiary/aromatic N) is 1. The number of benzene rings is 2. The summed E-state index contributed by atoms with van der Waals surface area (Å²) in [7, 11) is 3.65. The number of hydrogen-bond acceptors (Lipinski definition) is 5. The lowest BCUT2D eigenvalue weighted by molar-refractivity contribution is 0.150. The molecule has 0 amide bonds. The SMILES string of the molecule is CNC(O)c1c(-c2ccc(F)cc2)oc2cc(N(C)SC)ccc12. The van der Waals surface area contributed by atoms with Gasteiger partial charge in [0, 0.05) is 35.9 Å². The lowest BCUT2D eigenvalue weighted by atomic mass is 10.0. The van der Waals surface area contributed by atoms with Crippen LogP contribution in [0.25, 0.3) is 22.3 Å². The molecule has 4 nitrogen and oxygen atoms in total. The second-order valence-electron chi connectivity index (χ2n) is 5.40. The molecule has 0 spiro atoms. The van der Waals surface area contributed by atoms with Gasteiger partial charge in [-0.25, -0.2) is 4.39 Å². The average Bonchev–Trinajstić information content (AvgIpc) is 2.99. The molecule has 0 aliphatic carbocycles. The van der Waals surface area contributed by atoms with Gasteiger partial charge in [-0.2, -0.15) is 0 Å². The van der Waals surface area contributed by atoms with Gasteiger partial charge >= 0.3 is 0 Å². The number of rotatable bonds is 5. The maximum atomic E-state index is 13.2. The predicted octanol–water partition coefficient (Wildman–Crippen LogP) is 4.16. The van der Waals surface area contributed by atoms with Crippen LogP contribution in [0.5, 0.6) is 0 Å². The smallest absolute Gasteiger partial charge is 0.142 e. The van der Waals surface area contributed by atoms with Crippen molar-refractivity contribution in [1.82, 2.24) is 5.32 Å². The van der Waals surface area contributed by atoms with E-state index in [2.05, 4.69) is 5.32 Å². The van der Waals surface area contributed by atoms with Crippen molar-refractivity contribution in [3.8, 4) is 11.3 Å². The molecular weight excluding hydrogens is 327 g/mol. The Kier molecular flexibility index (Phi) is 4.80. The van der Waals surface area contributed by atoms with Crippen molar-refractivity contribution in [2.45, 2.75) is 6.23 Å². The summed E-state index contributed by atoms with van der Waals surface area (Å²) >= 11 is 1.59. The van der Waals surface area contributed by atoms with Crippen molar-refractivity contribution in [2.75, 3.05) is 24.7 Å². The Bertz CT molecular complexity index is 848. The molecule has 0 bridgehead atoms. The molecule has 3 rings (SSSR count). The molecular formula is C18H19FN2O2S. The van der Waals surface area contributed by atoms with E-state index in [1.54, 1.807) is 31.1 Å². The second-order valence-corrected chi connectivity index (χ2v) is 6.32. The monoisotopic (exact) mass is 346 g/mol. The van der Waals surface area contributed by atoms with Gasteiger partial charge in [-0.15, -0.1) is 0 Å². The van der Waals surface area contributed by atoms with E-state index in [-0.39, 0.29) is 5.82 Å². The van der Waals surface area contributed by atoms with Gasteiger partial charge < -0.3 is 13.8 Å². The van der Waals surface area contributed by atoms with Crippen molar-refractivity contribution in [2.24, 2.45) is 0 Å². The Labute approximate surface area is 144 Å². The standard InChI is InChI=1S/C18H19FN2O2S/c1-20-18(22)16-14-9-8-13(21(2)24-3)10-15(14)23-17(16)11-4-6-12(19)7-5-11/h4-10,18,20,22H,1-3H3. The van der Waals surface area contributed by atoms with Gasteiger partial charge in [-0.3, -0.25) is 5.32 Å². The highest BCUT2D eigenvalue weighted by atomic mass is 32.2. The first-order valence-corrected chi connectivity index (χ1v) is 8.69. The van der Waals surface area contributed by atoms with Crippen LogP contribution in [0.3, 0.4) is 0 Å². The lowest BCUT2D eigenvalue weighted by Gasteiger charge is -2.15. The van der Waals surface area contributed by atoms with Crippen molar-refractivity contribution in [3.05, 3.63) is 53.8 Å². The highest BCUT2D eigenvalue weighted by molar-refractivity contribution is 7.99. The first-order chi connectivity index (χ1) is 11.5. The minimum absolute atomic E-state index is 0.311. The molecule has 1 heterocycles. The first-order valence-electron chi connectivity index (χ1n) is 7.50. The van der Waals surface area contributed by atoms with Crippen LogP contribution in [-0.2, 0) is 0 Å². The summed E-state index contributed by atoms with van der Waals surface area (Å²) in [6.45, 7) is 0. The van der Waals surface area contributed by atoms with Crippen LogP contribution in [0, 0.1) is 5.82 Å². The molecule has 2 aromatic carbocycles. The largest absolute Gasteiger partial charge is 0.456 e. The van der Waals surface area contributed by atoms with Gasteiger partial charge in [-0.05, 0) is 43.4 Å².